The molecule has 96 valence electrons. The molecule has 0 aromatic heterocycles. The molecule has 1 rings (SSSR count). The molecule has 0 aliphatic heterocycles. The molecule has 0 heterocycles. The van der Waals surface area contributed by atoms with E-state index in [4.69, 9.17) is 5.11 Å². The number of aliphatic hydroxyl groups excluding tert-OH is 2. The Morgan fingerprint density at radius 3 is 2.18 bits per heavy atom. The van der Waals surface area contributed by atoms with Gasteiger partial charge in [-0.15, -0.1) is 0 Å². The highest BCUT2D eigenvalue weighted by atomic mass is 16.3. The van der Waals surface area contributed by atoms with Crippen LogP contribution in [0.4, 0.5) is 0 Å². The summed E-state index contributed by atoms with van der Waals surface area (Å²) in [6, 6.07) is 3.97. The topological polar surface area (TPSA) is 93.0 Å². The SMILES string of the molecule is CC(C)(CO)NCC(O)c1cc(O)cc(O)c1. The Hall–Kier alpha value is -1.30. The highest BCUT2D eigenvalue weighted by molar-refractivity contribution is 5.37. The van der Waals surface area contributed by atoms with Crippen molar-refractivity contribution in [3.8, 4) is 11.5 Å². The second-order valence-corrected chi connectivity index (χ2v) is 4.72. The standard InChI is InChI=1S/C12H19NO4/c1-12(2,7-14)13-6-11(17)8-3-9(15)5-10(16)4-8/h3-5,11,13-17H,6-7H2,1-2H3. The lowest BCUT2D eigenvalue weighted by Crippen LogP contribution is -2.44. The molecule has 0 radical (unpaired) electrons. The molecule has 0 bridgehead atoms. The van der Waals surface area contributed by atoms with Crippen molar-refractivity contribution >= 4 is 0 Å². The van der Waals surface area contributed by atoms with Crippen LogP contribution in [0.5, 0.6) is 11.5 Å². The van der Waals surface area contributed by atoms with Crippen molar-refractivity contribution in [2.24, 2.45) is 0 Å². The van der Waals surface area contributed by atoms with E-state index in [9.17, 15) is 15.3 Å². The van der Waals surface area contributed by atoms with Crippen molar-refractivity contribution in [1.29, 1.82) is 0 Å². The molecule has 17 heavy (non-hydrogen) atoms. The average Bonchev–Trinajstić information content (AvgIpc) is 2.24. The maximum absolute atomic E-state index is 9.86. The van der Waals surface area contributed by atoms with Crippen LogP contribution in [-0.2, 0) is 0 Å². The van der Waals surface area contributed by atoms with E-state index >= 15 is 0 Å². The molecule has 0 aliphatic carbocycles. The van der Waals surface area contributed by atoms with E-state index in [0.717, 1.165) is 0 Å². The van der Waals surface area contributed by atoms with Crippen LogP contribution in [0.15, 0.2) is 18.2 Å². The van der Waals surface area contributed by atoms with Gasteiger partial charge in [0.1, 0.15) is 11.5 Å². The molecule has 0 aliphatic rings. The number of aliphatic hydroxyl groups is 2. The largest absolute Gasteiger partial charge is 0.508 e. The summed E-state index contributed by atoms with van der Waals surface area (Å²) in [6.07, 6.45) is -0.862. The molecule has 0 saturated heterocycles. The second-order valence-electron chi connectivity index (χ2n) is 4.72. The normalized spacial score (nSPS) is 13.6. The van der Waals surface area contributed by atoms with E-state index in [1.54, 1.807) is 13.8 Å². The molecular formula is C12H19NO4. The van der Waals surface area contributed by atoms with E-state index in [0.29, 0.717) is 5.56 Å². The maximum atomic E-state index is 9.86. The van der Waals surface area contributed by atoms with Gasteiger partial charge in [0.05, 0.1) is 12.7 Å². The lowest BCUT2D eigenvalue weighted by Gasteiger charge is -2.25. The van der Waals surface area contributed by atoms with Crippen molar-refractivity contribution in [2.45, 2.75) is 25.5 Å². The minimum Gasteiger partial charge on any atom is -0.508 e. The zero-order chi connectivity index (χ0) is 13.1. The lowest BCUT2D eigenvalue weighted by atomic mass is 10.0. The summed E-state index contributed by atoms with van der Waals surface area (Å²) in [4.78, 5) is 0. The smallest absolute Gasteiger partial charge is 0.119 e. The minimum atomic E-state index is -0.862. The van der Waals surface area contributed by atoms with Crippen LogP contribution in [-0.4, -0.2) is 39.1 Å². The van der Waals surface area contributed by atoms with Gasteiger partial charge in [0.15, 0.2) is 0 Å². The predicted molar refractivity (Wildman–Crippen MR) is 63.9 cm³/mol. The first-order valence-electron chi connectivity index (χ1n) is 5.41. The van der Waals surface area contributed by atoms with Gasteiger partial charge in [0.25, 0.3) is 0 Å². The molecule has 1 unspecified atom stereocenters. The fraction of sp³-hybridized carbons (Fsp3) is 0.500. The molecular weight excluding hydrogens is 222 g/mol. The third kappa shape index (κ3) is 4.22. The molecule has 0 fully saturated rings. The third-order valence-corrected chi connectivity index (χ3v) is 2.48. The van der Waals surface area contributed by atoms with E-state index < -0.39 is 11.6 Å². The van der Waals surface area contributed by atoms with Crippen molar-refractivity contribution in [3.05, 3.63) is 23.8 Å². The van der Waals surface area contributed by atoms with Crippen LogP contribution in [0.3, 0.4) is 0 Å². The zero-order valence-electron chi connectivity index (χ0n) is 10.0. The minimum absolute atomic E-state index is 0.0506. The monoisotopic (exact) mass is 241 g/mol. The average molecular weight is 241 g/mol. The van der Waals surface area contributed by atoms with Crippen molar-refractivity contribution in [3.63, 3.8) is 0 Å². The molecule has 0 spiro atoms. The van der Waals surface area contributed by atoms with Gasteiger partial charge in [0, 0.05) is 18.2 Å². The number of aromatic hydroxyl groups is 2. The Kier molecular flexibility index (Phi) is 4.34. The molecule has 5 N–H and O–H groups in total. The van der Waals surface area contributed by atoms with Crippen molar-refractivity contribution in [2.75, 3.05) is 13.2 Å². The van der Waals surface area contributed by atoms with Crippen LogP contribution in [0.25, 0.3) is 0 Å². The summed E-state index contributed by atoms with van der Waals surface area (Å²) >= 11 is 0. The first kappa shape index (κ1) is 13.8. The summed E-state index contributed by atoms with van der Waals surface area (Å²) in [5.41, 5.74) is -0.0661. The summed E-state index contributed by atoms with van der Waals surface area (Å²) in [7, 11) is 0. The molecule has 0 amide bonds. The van der Waals surface area contributed by atoms with E-state index in [1.807, 2.05) is 0 Å². The lowest BCUT2D eigenvalue weighted by molar-refractivity contribution is 0.135. The molecule has 1 atom stereocenters. The first-order chi connectivity index (χ1) is 7.84. The van der Waals surface area contributed by atoms with Gasteiger partial charge in [-0.05, 0) is 31.5 Å². The molecule has 0 saturated carbocycles. The van der Waals surface area contributed by atoms with Gasteiger partial charge in [-0.2, -0.15) is 0 Å². The molecule has 5 heteroatoms. The van der Waals surface area contributed by atoms with E-state index in [1.165, 1.54) is 18.2 Å². The van der Waals surface area contributed by atoms with Crippen LogP contribution < -0.4 is 5.32 Å². The number of β-amino-alcohol motifs (C(OH)–C–C–N with tert-alkyl or cyclic N) is 1. The predicted octanol–water partition coefficient (Wildman–Crippen LogP) is 0.492. The fourth-order valence-corrected chi connectivity index (χ4v) is 1.36. The van der Waals surface area contributed by atoms with E-state index in [-0.39, 0.29) is 24.7 Å². The quantitative estimate of drug-likeness (QED) is 0.517. The van der Waals surface area contributed by atoms with Crippen LogP contribution in [0.2, 0.25) is 0 Å². The Balaban J connectivity index is 2.67. The fourth-order valence-electron chi connectivity index (χ4n) is 1.36. The van der Waals surface area contributed by atoms with Gasteiger partial charge >= 0.3 is 0 Å². The molecule has 1 aromatic carbocycles. The Labute approximate surface area is 100 Å². The van der Waals surface area contributed by atoms with Crippen LogP contribution >= 0.6 is 0 Å². The Morgan fingerprint density at radius 2 is 1.71 bits per heavy atom. The van der Waals surface area contributed by atoms with Gasteiger partial charge < -0.3 is 25.7 Å². The van der Waals surface area contributed by atoms with Crippen molar-refractivity contribution < 1.29 is 20.4 Å². The third-order valence-electron chi connectivity index (χ3n) is 2.48. The van der Waals surface area contributed by atoms with Gasteiger partial charge in [0.2, 0.25) is 0 Å². The highest BCUT2D eigenvalue weighted by Gasteiger charge is 2.18. The second kappa shape index (κ2) is 5.35. The molecule has 5 nitrogen and oxygen atoms in total. The highest BCUT2D eigenvalue weighted by Crippen LogP contribution is 2.24. The number of phenols is 2. The summed E-state index contributed by atoms with van der Waals surface area (Å²) in [5, 5.41) is 40.5. The summed E-state index contributed by atoms with van der Waals surface area (Å²) in [6.45, 7) is 3.78. The summed E-state index contributed by atoms with van der Waals surface area (Å²) in [5.74, 6) is -0.194. The number of benzene rings is 1. The van der Waals surface area contributed by atoms with Gasteiger partial charge in [-0.3, -0.25) is 0 Å². The number of hydrogen-bond acceptors (Lipinski definition) is 5. The summed E-state index contributed by atoms with van der Waals surface area (Å²) < 4.78 is 0. The number of hydrogen-bond donors (Lipinski definition) is 5. The van der Waals surface area contributed by atoms with Crippen molar-refractivity contribution in [1.82, 2.24) is 5.32 Å². The van der Waals surface area contributed by atoms with Crippen LogP contribution in [0.1, 0.15) is 25.5 Å². The Bertz CT molecular complexity index is 359. The number of nitrogens with one attached hydrogen (secondary N) is 1. The van der Waals surface area contributed by atoms with E-state index in [2.05, 4.69) is 5.32 Å². The first-order valence-corrected chi connectivity index (χ1v) is 5.41. The molecule has 1 aromatic rings. The van der Waals surface area contributed by atoms with Gasteiger partial charge in [-0.25, -0.2) is 0 Å². The van der Waals surface area contributed by atoms with Crippen LogP contribution in [0, 0.1) is 0 Å². The van der Waals surface area contributed by atoms with Gasteiger partial charge in [-0.1, -0.05) is 0 Å². The Morgan fingerprint density at radius 1 is 1.18 bits per heavy atom. The number of rotatable bonds is 5. The number of phenolic OH excluding ortho intramolecular Hbond substituents is 2. The maximum Gasteiger partial charge on any atom is 0.119 e. The zero-order valence-corrected chi connectivity index (χ0v) is 10.0.